The summed E-state index contributed by atoms with van der Waals surface area (Å²) >= 11 is 0. The Kier molecular flexibility index (Phi) is 5.68. The minimum absolute atomic E-state index is 0.477. The van der Waals surface area contributed by atoms with Gasteiger partial charge in [0.2, 0.25) is 0 Å². The summed E-state index contributed by atoms with van der Waals surface area (Å²) in [5.74, 6) is 1.86. The van der Waals surface area contributed by atoms with Crippen molar-refractivity contribution >= 4 is 0 Å². The molecular weight excluding hydrogens is 214 g/mol. The van der Waals surface area contributed by atoms with Crippen LogP contribution in [0.25, 0.3) is 0 Å². The van der Waals surface area contributed by atoms with Gasteiger partial charge in [-0.2, -0.15) is 0 Å². The molecule has 0 aliphatic rings. The van der Waals surface area contributed by atoms with Crippen molar-refractivity contribution < 1.29 is 4.42 Å². The standard InChI is InChI=1S/C13H25N3O/c1-11-12(8-13(9-14)17-11)10-16(4)7-5-6-15(2)3/h8H,5-7,9-10,14H2,1-4H3. The summed E-state index contributed by atoms with van der Waals surface area (Å²) in [4.78, 5) is 4.53. The molecule has 0 unspecified atom stereocenters. The Morgan fingerprint density at radius 3 is 2.47 bits per heavy atom. The van der Waals surface area contributed by atoms with Crippen LogP contribution in [0.15, 0.2) is 10.5 Å². The van der Waals surface area contributed by atoms with Crippen molar-refractivity contribution in [3.05, 3.63) is 23.2 Å². The van der Waals surface area contributed by atoms with E-state index in [1.54, 1.807) is 0 Å². The Labute approximate surface area is 104 Å². The lowest BCUT2D eigenvalue weighted by molar-refractivity contribution is 0.293. The van der Waals surface area contributed by atoms with E-state index in [2.05, 4.69) is 37.0 Å². The number of nitrogens with zero attached hydrogens (tertiary/aromatic N) is 2. The van der Waals surface area contributed by atoms with Crippen molar-refractivity contribution in [1.82, 2.24) is 9.80 Å². The van der Waals surface area contributed by atoms with E-state index in [9.17, 15) is 0 Å². The van der Waals surface area contributed by atoms with Crippen LogP contribution in [0.1, 0.15) is 23.5 Å². The predicted molar refractivity (Wildman–Crippen MR) is 70.8 cm³/mol. The second-order valence-electron chi connectivity index (χ2n) is 4.89. The molecule has 0 aliphatic heterocycles. The maximum absolute atomic E-state index is 5.56. The summed E-state index contributed by atoms with van der Waals surface area (Å²) in [7, 11) is 6.35. The molecule has 4 nitrogen and oxygen atoms in total. The number of nitrogens with two attached hydrogens (primary N) is 1. The number of hydrogen-bond acceptors (Lipinski definition) is 4. The summed E-state index contributed by atoms with van der Waals surface area (Å²) in [6.45, 7) is 5.64. The molecule has 4 heteroatoms. The Bertz CT molecular complexity index is 333. The SMILES string of the molecule is Cc1oc(CN)cc1CN(C)CCCN(C)C. The Morgan fingerprint density at radius 1 is 1.24 bits per heavy atom. The van der Waals surface area contributed by atoms with Crippen molar-refractivity contribution in [3.8, 4) is 0 Å². The quantitative estimate of drug-likeness (QED) is 0.782. The van der Waals surface area contributed by atoms with Gasteiger partial charge in [-0.15, -0.1) is 0 Å². The summed E-state index contributed by atoms with van der Waals surface area (Å²) < 4.78 is 5.55. The van der Waals surface area contributed by atoms with Gasteiger partial charge in [0, 0.05) is 12.1 Å². The van der Waals surface area contributed by atoms with Gasteiger partial charge in [0.05, 0.1) is 6.54 Å². The third kappa shape index (κ3) is 4.89. The zero-order chi connectivity index (χ0) is 12.8. The topological polar surface area (TPSA) is 45.6 Å². The number of rotatable bonds is 7. The highest BCUT2D eigenvalue weighted by Crippen LogP contribution is 2.15. The highest BCUT2D eigenvalue weighted by molar-refractivity contribution is 5.20. The molecule has 0 saturated carbocycles. The van der Waals surface area contributed by atoms with Crippen LogP contribution in [0, 0.1) is 6.92 Å². The van der Waals surface area contributed by atoms with Gasteiger partial charge in [0.15, 0.2) is 0 Å². The number of furan rings is 1. The van der Waals surface area contributed by atoms with E-state index >= 15 is 0 Å². The average molecular weight is 239 g/mol. The van der Waals surface area contributed by atoms with E-state index in [1.807, 2.05) is 6.92 Å². The molecular formula is C13H25N3O. The van der Waals surface area contributed by atoms with Gasteiger partial charge < -0.3 is 20.0 Å². The van der Waals surface area contributed by atoms with E-state index in [0.717, 1.165) is 31.2 Å². The Balaban J connectivity index is 2.39. The van der Waals surface area contributed by atoms with Gasteiger partial charge in [0.25, 0.3) is 0 Å². The minimum atomic E-state index is 0.477. The first kappa shape index (κ1) is 14.2. The molecule has 2 N–H and O–H groups in total. The number of aryl methyl sites for hydroxylation is 1. The largest absolute Gasteiger partial charge is 0.465 e. The van der Waals surface area contributed by atoms with Crippen molar-refractivity contribution in [2.75, 3.05) is 34.2 Å². The molecule has 0 aromatic carbocycles. The van der Waals surface area contributed by atoms with Crippen LogP contribution in [-0.4, -0.2) is 44.0 Å². The molecule has 0 fully saturated rings. The van der Waals surface area contributed by atoms with Crippen LogP contribution < -0.4 is 5.73 Å². The van der Waals surface area contributed by atoms with Gasteiger partial charge in [-0.3, -0.25) is 0 Å². The van der Waals surface area contributed by atoms with E-state index in [0.29, 0.717) is 6.54 Å². The van der Waals surface area contributed by atoms with E-state index < -0.39 is 0 Å². The summed E-state index contributed by atoms with van der Waals surface area (Å²) in [6, 6.07) is 2.07. The second kappa shape index (κ2) is 6.79. The lowest BCUT2D eigenvalue weighted by atomic mass is 10.2. The maximum atomic E-state index is 5.56. The first-order valence-electron chi connectivity index (χ1n) is 6.14. The lowest BCUT2D eigenvalue weighted by Gasteiger charge is -2.17. The highest BCUT2D eigenvalue weighted by Gasteiger charge is 2.08. The van der Waals surface area contributed by atoms with E-state index in [4.69, 9.17) is 10.2 Å². The normalized spacial score (nSPS) is 11.7. The zero-order valence-electron chi connectivity index (χ0n) is 11.5. The molecule has 0 bridgehead atoms. The molecule has 0 saturated heterocycles. The van der Waals surface area contributed by atoms with Gasteiger partial charge in [-0.1, -0.05) is 0 Å². The molecule has 1 aromatic rings. The van der Waals surface area contributed by atoms with Crippen LogP contribution >= 0.6 is 0 Å². The molecule has 1 rings (SSSR count). The zero-order valence-corrected chi connectivity index (χ0v) is 11.5. The molecule has 98 valence electrons. The molecule has 1 aromatic heterocycles. The fourth-order valence-corrected chi connectivity index (χ4v) is 1.87. The molecule has 17 heavy (non-hydrogen) atoms. The van der Waals surface area contributed by atoms with Crippen LogP contribution in [0.5, 0.6) is 0 Å². The van der Waals surface area contributed by atoms with Gasteiger partial charge >= 0.3 is 0 Å². The van der Waals surface area contributed by atoms with Crippen LogP contribution in [-0.2, 0) is 13.1 Å². The van der Waals surface area contributed by atoms with Crippen LogP contribution in [0.2, 0.25) is 0 Å². The molecule has 0 spiro atoms. The Hall–Kier alpha value is -0.840. The molecule has 1 heterocycles. The second-order valence-corrected chi connectivity index (χ2v) is 4.89. The smallest absolute Gasteiger partial charge is 0.118 e. The molecule has 0 aliphatic carbocycles. The van der Waals surface area contributed by atoms with Crippen molar-refractivity contribution in [2.24, 2.45) is 5.73 Å². The van der Waals surface area contributed by atoms with Crippen LogP contribution in [0.3, 0.4) is 0 Å². The third-order valence-corrected chi connectivity index (χ3v) is 2.86. The average Bonchev–Trinajstić information content (AvgIpc) is 2.59. The van der Waals surface area contributed by atoms with Crippen LogP contribution in [0.4, 0.5) is 0 Å². The number of hydrogen-bond donors (Lipinski definition) is 1. The van der Waals surface area contributed by atoms with Crippen molar-refractivity contribution in [2.45, 2.75) is 26.4 Å². The van der Waals surface area contributed by atoms with Gasteiger partial charge in [-0.05, 0) is 53.6 Å². The summed E-state index contributed by atoms with van der Waals surface area (Å²) in [6.07, 6.45) is 1.18. The summed E-state index contributed by atoms with van der Waals surface area (Å²) in [5, 5.41) is 0. The molecule has 0 atom stereocenters. The maximum Gasteiger partial charge on any atom is 0.118 e. The van der Waals surface area contributed by atoms with E-state index in [-0.39, 0.29) is 0 Å². The summed E-state index contributed by atoms with van der Waals surface area (Å²) in [5.41, 5.74) is 6.81. The van der Waals surface area contributed by atoms with E-state index in [1.165, 1.54) is 12.0 Å². The fraction of sp³-hybridized carbons (Fsp3) is 0.692. The van der Waals surface area contributed by atoms with Crippen molar-refractivity contribution in [3.63, 3.8) is 0 Å². The predicted octanol–water partition coefficient (Wildman–Crippen LogP) is 1.43. The third-order valence-electron chi connectivity index (χ3n) is 2.86. The first-order valence-corrected chi connectivity index (χ1v) is 6.14. The Morgan fingerprint density at radius 2 is 1.94 bits per heavy atom. The highest BCUT2D eigenvalue weighted by atomic mass is 16.3. The van der Waals surface area contributed by atoms with Crippen molar-refractivity contribution in [1.29, 1.82) is 0 Å². The minimum Gasteiger partial charge on any atom is -0.465 e. The fourth-order valence-electron chi connectivity index (χ4n) is 1.87. The molecule has 0 amide bonds. The monoisotopic (exact) mass is 239 g/mol. The first-order chi connectivity index (χ1) is 8.02. The van der Waals surface area contributed by atoms with Gasteiger partial charge in [0.1, 0.15) is 11.5 Å². The lowest BCUT2D eigenvalue weighted by Crippen LogP contribution is -2.23. The van der Waals surface area contributed by atoms with Gasteiger partial charge in [-0.25, -0.2) is 0 Å². The molecule has 0 radical (unpaired) electrons.